The van der Waals surface area contributed by atoms with E-state index in [9.17, 15) is 5.11 Å². The molecule has 0 spiro atoms. The molecule has 0 fully saturated rings. The molecule has 1 heterocycles. The van der Waals surface area contributed by atoms with Gasteiger partial charge in [0.25, 0.3) is 0 Å². The Labute approximate surface area is 123 Å². The topological polar surface area (TPSA) is 47.9 Å². The molecule has 0 radical (unpaired) electrons. The van der Waals surface area contributed by atoms with E-state index in [1.807, 2.05) is 42.5 Å². The van der Waals surface area contributed by atoms with Crippen molar-refractivity contribution in [1.82, 2.24) is 0 Å². The Morgan fingerprint density at radius 2 is 1.86 bits per heavy atom. The van der Waals surface area contributed by atoms with Gasteiger partial charge in [0.15, 0.2) is 0 Å². The predicted molar refractivity (Wildman–Crippen MR) is 79.3 cm³/mol. The molecular weight excluding hydrogens is 268 g/mol. The predicted octanol–water partition coefficient (Wildman–Crippen LogP) is 2.59. The summed E-state index contributed by atoms with van der Waals surface area (Å²) in [6.45, 7) is 0.253. The first-order valence-electron chi connectivity index (χ1n) is 6.86. The molecule has 0 saturated carbocycles. The highest BCUT2D eigenvalue weighted by Gasteiger charge is 2.34. The number of aliphatic hydroxyl groups excluding tert-OH is 1. The molecular formula is C17H18O4. The molecule has 4 heteroatoms. The fourth-order valence-corrected chi connectivity index (χ4v) is 2.80. The maximum Gasteiger partial charge on any atom is 0.130 e. The maximum absolute atomic E-state index is 10.4. The first-order valence-corrected chi connectivity index (χ1v) is 6.86. The molecule has 2 aromatic carbocycles. The molecule has 4 nitrogen and oxygen atoms in total. The third-order valence-corrected chi connectivity index (χ3v) is 3.80. The van der Waals surface area contributed by atoms with Gasteiger partial charge in [-0.1, -0.05) is 30.3 Å². The van der Waals surface area contributed by atoms with Crippen molar-refractivity contribution in [3.05, 3.63) is 53.6 Å². The standard InChI is InChI=1S/C17H18O4/c1-19-12-8-14(20-2)17-15(9-12)21-10-13(18)16(17)11-6-4-3-5-7-11/h3-9,13,16,18H,10H2,1-2H3. The van der Waals surface area contributed by atoms with Crippen LogP contribution >= 0.6 is 0 Å². The van der Waals surface area contributed by atoms with Crippen LogP contribution in [0.5, 0.6) is 17.2 Å². The average molecular weight is 286 g/mol. The van der Waals surface area contributed by atoms with Crippen molar-refractivity contribution < 1.29 is 19.3 Å². The third kappa shape index (κ3) is 2.43. The van der Waals surface area contributed by atoms with Crippen molar-refractivity contribution in [1.29, 1.82) is 0 Å². The summed E-state index contributed by atoms with van der Waals surface area (Å²) < 4.78 is 16.4. The number of rotatable bonds is 3. The first kappa shape index (κ1) is 13.8. The SMILES string of the molecule is COc1cc(OC)c2c(c1)OCC(O)C2c1ccccc1. The van der Waals surface area contributed by atoms with Gasteiger partial charge in [-0.2, -0.15) is 0 Å². The minimum absolute atomic E-state index is 0.171. The largest absolute Gasteiger partial charge is 0.496 e. The van der Waals surface area contributed by atoms with E-state index in [0.717, 1.165) is 11.1 Å². The van der Waals surface area contributed by atoms with Crippen LogP contribution in [-0.4, -0.2) is 32.0 Å². The van der Waals surface area contributed by atoms with E-state index in [1.165, 1.54) is 0 Å². The lowest BCUT2D eigenvalue weighted by atomic mass is 9.84. The highest BCUT2D eigenvalue weighted by Crippen LogP contribution is 2.45. The van der Waals surface area contributed by atoms with Crippen molar-refractivity contribution in [2.45, 2.75) is 12.0 Å². The summed E-state index contributed by atoms with van der Waals surface area (Å²) in [4.78, 5) is 0. The van der Waals surface area contributed by atoms with Crippen LogP contribution in [0.3, 0.4) is 0 Å². The highest BCUT2D eigenvalue weighted by molar-refractivity contribution is 5.56. The molecule has 0 saturated heterocycles. The Hall–Kier alpha value is -2.20. The van der Waals surface area contributed by atoms with Gasteiger partial charge in [0.2, 0.25) is 0 Å². The summed E-state index contributed by atoms with van der Waals surface area (Å²) >= 11 is 0. The van der Waals surface area contributed by atoms with Gasteiger partial charge in [-0.3, -0.25) is 0 Å². The van der Waals surface area contributed by atoms with E-state index in [-0.39, 0.29) is 12.5 Å². The minimum atomic E-state index is -0.609. The lowest BCUT2D eigenvalue weighted by Crippen LogP contribution is -2.31. The monoisotopic (exact) mass is 286 g/mol. The second-order valence-corrected chi connectivity index (χ2v) is 5.01. The fourth-order valence-electron chi connectivity index (χ4n) is 2.80. The van der Waals surface area contributed by atoms with Crippen LogP contribution in [0, 0.1) is 0 Å². The Bertz CT molecular complexity index is 607. The van der Waals surface area contributed by atoms with E-state index in [4.69, 9.17) is 14.2 Å². The van der Waals surface area contributed by atoms with Crippen molar-refractivity contribution in [3.63, 3.8) is 0 Å². The lowest BCUT2D eigenvalue weighted by Gasteiger charge is -2.32. The molecule has 0 aliphatic carbocycles. The zero-order chi connectivity index (χ0) is 14.8. The van der Waals surface area contributed by atoms with Crippen molar-refractivity contribution in [2.24, 2.45) is 0 Å². The van der Waals surface area contributed by atoms with Gasteiger partial charge < -0.3 is 19.3 Å². The van der Waals surface area contributed by atoms with Gasteiger partial charge in [-0.25, -0.2) is 0 Å². The molecule has 0 amide bonds. The van der Waals surface area contributed by atoms with Crippen LogP contribution in [0.4, 0.5) is 0 Å². The van der Waals surface area contributed by atoms with Gasteiger partial charge in [0.05, 0.1) is 20.3 Å². The van der Waals surface area contributed by atoms with Crippen molar-refractivity contribution in [3.8, 4) is 17.2 Å². The zero-order valence-corrected chi connectivity index (χ0v) is 12.1. The Balaban J connectivity index is 2.17. The Morgan fingerprint density at radius 1 is 1.10 bits per heavy atom. The smallest absolute Gasteiger partial charge is 0.130 e. The van der Waals surface area contributed by atoms with E-state index < -0.39 is 6.10 Å². The summed E-state index contributed by atoms with van der Waals surface area (Å²) in [7, 11) is 3.21. The molecule has 1 aliphatic heterocycles. The van der Waals surface area contributed by atoms with Gasteiger partial charge in [0, 0.05) is 23.6 Å². The number of hydrogen-bond donors (Lipinski definition) is 1. The van der Waals surface area contributed by atoms with Crippen LogP contribution in [-0.2, 0) is 0 Å². The number of ether oxygens (including phenoxy) is 3. The molecule has 0 aromatic heterocycles. The van der Waals surface area contributed by atoms with Crippen LogP contribution < -0.4 is 14.2 Å². The number of fused-ring (bicyclic) bond motifs is 1. The number of methoxy groups -OCH3 is 2. The molecule has 2 unspecified atom stereocenters. The van der Waals surface area contributed by atoms with Gasteiger partial charge in [-0.05, 0) is 5.56 Å². The summed E-state index contributed by atoms with van der Waals surface area (Å²) in [5.41, 5.74) is 1.90. The summed E-state index contributed by atoms with van der Waals surface area (Å²) in [6, 6.07) is 13.6. The van der Waals surface area contributed by atoms with Crippen molar-refractivity contribution in [2.75, 3.05) is 20.8 Å². The Kier molecular flexibility index (Phi) is 3.71. The van der Waals surface area contributed by atoms with Crippen LogP contribution in [0.2, 0.25) is 0 Å². The van der Waals surface area contributed by atoms with Crippen LogP contribution in [0.25, 0.3) is 0 Å². The summed E-state index contributed by atoms with van der Waals surface area (Å²) in [5, 5.41) is 10.4. The Morgan fingerprint density at radius 3 is 2.52 bits per heavy atom. The molecule has 110 valence electrons. The second-order valence-electron chi connectivity index (χ2n) is 5.01. The van der Waals surface area contributed by atoms with E-state index in [1.54, 1.807) is 14.2 Å². The second kappa shape index (κ2) is 5.66. The molecule has 1 N–H and O–H groups in total. The molecule has 1 aliphatic rings. The van der Waals surface area contributed by atoms with Gasteiger partial charge >= 0.3 is 0 Å². The fraction of sp³-hybridized carbons (Fsp3) is 0.294. The third-order valence-electron chi connectivity index (χ3n) is 3.80. The van der Waals surface area contributed by atoms with Gasteiger partial charge in [0.1, 0.15) is 23.9 Å². The van der Waals surface area contributed by atoms with E-state index >= 15 is 0 Å². The average Bonchev–Trinajstić information content (AvgIpc) is 2.54. The quantitative estimate of drug-likeness (QED) is 0.942. The summed E-state index contributed by atoms with van der Waals surface area (Å²) in [6.07, 6.45) is -0.609. The molecule has 2 atom stereocenters. The van der Waals surface area contributed by atoms with Crippen LogP contribution in [0.1, 0.15) is 17.0 Å². The minimum Gasteiger partial charge on any atom is -0.496 e. The van der Waals surface area contributed by atoms with E-state index in [0.29, 0.717) is 17.2 Å². The molecule has 2 aromatic rings. The number of aliphatic hydroxyl groups is 1. The normalized spacial score (nSPS) is 20.3. The summed E-state index contributed by atoms with van der Waals surface area (Å²) in [5.74, 6) is 1.87. The van der Waals surface area contributed by atoms with Gasteiger partial charge in [-0.15, -0.1) is 0 Å². The highest BCUT2D eigenvalue weighted by atomic mass is 16.5. The maximum atomic E-state index is 10.4. The van der Waals surface area contributed by atoms with E-state index in [2.05, 4.69) is 0 Å². The lowest BCUT2D eigenvalue weighted by molar-refractivity contribution is 0.0755. The zero-order valence-electron chi connectivity index (χ0n) is 12.1. The molecule has 3 rings (SSSR count). The first-order chi connectivity index (χ1) is 10.2. The molecule has 0 bridgehead atoms. The van der Waals surface area contributed by atoms with Crippen molar-refractivity contribution >= 4 is 0 Å². The number of hydrogen-bond acceptors (Lipinski definition) is 4. The van der Waals surface area contributed by atoms with Crippen LogP contribution in [0.15, 0.2) is 42.5 Å². The molecule has 21 heavy (non-hydrogen) atoms. The number of benzene rings is 2.